The summed E-state index contributed by atoms with van der Waals surface area (Å²) < 4.78 is 5.29. The Labute approximate surface area is 124 Å². The largest absolute Gasteiger partial charge is 0.464 e. The summed E-state index contributed by atoms with van der Waals surface area (Å²) in [4.78, 5) is 12.5. The normalized spacial score (nSPS) is 26.1. The van der Waals surface area contributed by atoms with Gasteiger partial charge in [0, 0.05) is 12.5 Å². The summed E-state index contributed by atoms with van der Waals surface area (Å²) in [5, 5.41) is 7.27. The van der Waals surface area contributed by atoms with Crippen LogP contribution in [0.2, 0.25) is 5.02 Å². The molecule has 110 valence electrons. The van der Waals surface area contributed by atoms with E-state index in [1.165, 1.54) is 0 Å². The topological polar surface area (TPSA) is 50.4 Å². The maximum Gasteiger partial charge on any atom is 0.332 e. The Hall–Kier alpha value is -1.26. The van der Waals surface area contributed by atoms with Gasteiger partial charge in [0.15, 0.2) is 0 Å². The lowest BCUT2D eigenvalue weighted by Crippen LogP contribution is -2.59. The molecule has 1 aromatic rings. The molecule has 1 saturated heterocycles. The molecule has 2 unspecified atom stereocenters. The average molecular weight is 297 g/mol. The number of rotatable bonds is 4. The van der Waals surface area contributed by atoms with Crippen molar-refractivity contribution >= 4 is 23.3 Å². The number of anilines is 1. The summed E-state index contributed by atoms with van der Waals surface area (Å²) in [6, 6.07) is 7.47. The molecule has 5 heteroatoms. The van der Waals surface area contributed by atoms with Crippen molar-refractivity contribution in [2.24, 2.45) is 5.92 Å². The Kier molecular flexibility index (Phi) is 4.89. The zero-order valence-corrected chi connectivity index (χ0v) is 12.7. The first-order valence-electron chi connectivity index (χ1n) is 7.01. The highest BCUT2D eigenvalue weighted by Gasteiger charge is 2.46. The van der Waals surface area contributed by atoms with Crippen LogP contribution in [0.1, 0.15) is 20.3 Å². The molecule has 1 aliphatic heterocycles. The van der Waals surface area contributed by atoms with E-state index in [1.807, 2.05) is 38.1 Å². The lowest BCUT2D eigenvalue weighted by molar-refractivity contribution is -0.151. The van der Waals surface area contributed by atoms with E-state index in [1.54, 1.807) is 0 Å². The molecule has 20 heavy (non-hydrogen) atoms. The second-order valence-corrected chi connectivity index (χ2v) is 5.56. The number of benzene rings is 1. The lowest BCUT2D eigenvalue weighted by atomic mass is 9.79. The summed E-state index contributed by atoms with van der Waals surface area (Å²) in [6.45, 7) is 5.81. The van der Waals surface area contributed by atoms with E-state index in [4.69, 9.17) is 16.3 Å². The van der Waals surface area contributed by atoms with E-state index in [9.17, 15) is 4.79 Å². The van der Waals surface area contributed by atoms with E-state index >= 15 is 0 Å². The molecule has 1 aliphatic rings. The van der Waals surface area contributed by atoms with Gasteiger partial charge in [-0.05, 0) is 32.0 Å². The van der Waals surface area contributed by atoms with Gasteiger partial charge in [-0.1, -0.05) is 30.7 Å². The number of carbonyl (C=O) groups is 1. The smallest absolute Gasteiger partial charge is 0.332 e. The molecule has 1 aromatic carbocycles. The van der Waals surface area contributed by atoms with Crippen molar-refractivity contribution in [1.29, 1.82) is 0 Å². The highest BCUT2D eigenvalue weighted by Crippen LogP contribution is 2.33. The van der Waals surface area contributed by atoms with Gasteiger partial charge >= 0.3 is 5.97 Å². The highest BCUT2D eigenvalue weighted by molar-refractivity contribution is 6.33. The fourth-order valence-corrected chi connectivity index (χ4v) is 2.81. The molecule has 1 heterocycles. The van der Waals surface area contributed by atoms with Gasteiger partial charge in [-0.3, -0.25) is 0 Å². The van der Waals surface area contributed by atoms with E-state index in [2.05, 4.69) is 10.6 Å². The van der Waals surface area contributed by atoms with Gasteiger partial charge in [0.25, 0.3) is 0 Å². The lowest BCUT2D eigenvalue weighted by Gasteiger charge is -2.42. The molecule has 1 fully saturated rings. The van der Waals surface area contributed by atoms with Crippen molar-refractivity contribution < 1.29 is 9.53 Å². The molecule has 0 bridgehead atoms. The summed E-state index contributed by atoms with van der Waals surface area (Å²) in [7, 11) is 0. The van der Waals surface area contributed by atoms with Crippen molar-refractivity contribution in [2.45, 2.75) is 25.8 Å². The van der Waals surface area contributed by atoms with Gasteiger partial charge in [0.05, 0.1) is 17.3 Å². The Morgan fingerprint density at radius 1 is 1.55 bits per heavy atom. The Bertz CT molecular complexity index is 481. The minimum absolute atomic E-state index is 0.117. The van der Waals surface area contributed by atoms with Crippen molar-refractivity contribution in [3.8, 4) is 0 Å². The van der Waals surface area contributed by atoms with Crippen LogP contribution < -0.4 is 10.6 Å². The first-order chi connectivity index (χ1) is 9.60. The first-order valence-corrected chi connectivity index (χ1v) is 7.38. The van der Waals surface area contributed by atoms with Crippen LogP contribution in [-0.4, -0.2) is 31.2 Å². The van der Waals surface area contributed by atoms with Crippen LogP contribution in [0.4, 0.5) is 5.69 Å². The number of para-hydroxylation sites is 1. The third-order valence-corrected chi connectivity index (χ3v) is 4.19. The predicted molar refractivity (Wildman–Crippen MR) is 81.1 cm³/mol. The molecule has 0 amide bonds. The SMILES string of the molecule is CCOC(=O)C1(Nc2ccccc2Cl)CCNCC1C. The van der Waals surface area contributed by atoms with Crippen LogP contribution in [0, 0.1) is 5.92 Å². The van der Waals surface area contributed by atoms with Gasteiger partial charge in [0.2, 0.25) is 0 Å². The molecular formula is C15H21ClN2O2. The summed E-state index contributed by atoms with van der Waals surface area (Å²) in [5.41, 5.74) is 0.0580. The van der Waals surface area contributed by atoms with Crippen LogP contribution in [0.3, 0.4) is 0 Å². The van der Waals surface area contributed by atoms with Crippen LogP contribution in [0.5, 0.6) is 0 Å². The third-order valence-electron chi connectivity index (χ3n) is 3.86. The van der Waals surface area contributed by atoms with Gasteiger partial charge < -0.3 is 15.4 Å². The van der Waals surface area contributed by atoms with Crippen molar-refractivity contribution in [3.63, 3.8) is 0 Å². The first kappa shape index (κ1) is 15.1. The van der Waals surface area contributed by atoms with Crippen LogP contribution in [0.25, 0.3) is 0 Å². The Morgan fingerprint density at radius 2 is 2.30 bits per heavy atom. The van der Waals surface area contributed by atoms with Gasteiger partial charge in [-0.25, -0.2) is 4.79 Å². The molecular weight excluding hydrogens is 276 g/mol. The van der Waals surface area contributed by atoms with Crippen molar-refractivity contribution in [1.82, 2.24) is 5.32 Å². The number of piperidine rings is 1. The van der Waals surface area contributed by atoms with E-state index in [0.717, 1.165) is 18.8 Å². The molecule has 2 atom stereocenters. The molecule has 0 aliphatic carbocycles. The Balaban J connectivity index is 2.31. The molecule has 2 N–H and O–H groups in total. The predicted octanol–water partition coefficient (Wildman–Crippen LogP) is 2.68. The molecule has 4 nitrogen and oxygen atoms in total. The minimum Gasteiger partial charge on any atom is -0.464 e. The van der Waals surface area contributed by atoms with Crippen LogP contribution in [-0.2, 0) is 9.53 Å². The maximum absolute atomic E-state index is 12.5. The quantitative estimate of drug-likeness (QED) is 0.839. The van der Waals surface area contributed by atoms with E-state index in [0.29, 0.717) is 18.1 Å². The molecule has 0 radical (unpaired) electrons. The summed E-state index contributed by atoms with van der Waals surface area (Å²) in [6.07, 6.45) is 0.679. The second-order valence-electron chi connectivity index (χ2n) is 5.15. The molecule has 2 rings (SSSR count). The number of halogens is 1. The number of carbonyl (C=O) groups excluding carboxylic acids is 1. The van der Waals surface area contributed by atoms with E-state index < -0.39 is 5.54 Å². The zero-order chi connectivity index (χ0) is 14.6. The average Bonchev–Trinajstić information content (AvgIpc) is 2.44. The highest BCUT2D eigenvalue weighted by atomic mass is 35.5. The van der Waals surface area contributed by atoms with Crippen molar-refractivity contribution in [2.75, 3.05) is 25.0 Å². The van der Waals surface area contributed by atoms with Gasteiger partial charge in [-0.15, -0.1) is 0 Å². The minimum atomic E-state index is -0.716. The summed E-state index contributed by atoms with van der Waals surface area (Å²) >= 11 is 6.20. The van der Waals surface area contributed by atoms with Crippen LogP contribution in [0.15, 0.2) is 24.3 Å². The number of hydrogen-bond acceptors (Lipinski definition) is 4. The molecule has 0 saturated carbocycles. The number of hydrogen-bond donors (Lipinski definition) is 2. The zero-order valence-electron chi connectivity index (χ0n) is 11.9. The molecule has 0 aromatic heterocycles. The number of nitrogens with one attached hydrogen (secondary N) is 2. The van der Waals surface area contributed by atoms with Gasteiger partial charge in [0.1, 0.15) is 5.54 Å². The van der Waals surface area contributed by atoms with Crippen molar-refractivity contribution in [3.05, 3.63) is 29.3 Å². The number of esters is 1. The monoisotopic (exact) mass is 296 g/mol. The van der Waals surface area contributed by atoms with Crippen LogP contribution >= 0.6 is 11.6 Å². The fourth-order valence-electron chi connectivity index (χ4n) is 2.63. The summed E-state index contributed by atoms with van der Waals surface area (Å²) in [5.74, 6) is -0.0829. The fraction of sp³-hybridized carbons (Fsp3) is 0.533. The van der Waals surface area contributed by atoms with E-state index in [-0.39, 0.29) is 11.9 Å². The third kappa shape index (κ3) is 2.91. The maximum atomic E-state index is 12.5. The number of ether oxygens (including phenoxy) is 1. The standard InChI is InChI=1S/C15H21ClN2O2/c1-3-20-14(19)15(8-9-17-10-11(15)2)18-13-7-5-4-6-12(13)16/h4-7,11,17-18H,3,8-10H2,1-2H3. The van der Waals surface area contributed by atoms with Gasteiger partial charge in [-0.2, -0.15) is 0 Å². The second kappa shape index (κ2) is 6.46. The molecule has 0 spiro atoms. The Morgan fingerprint density at radius 3 is 2.95 bits per heavy atom.